The molecular weight excluding hydrogens is 306 g/mol. The van der Waals surface area contributed by atoms with Gasteiger partial charge in [-0.05, 0) is 6.42 Å². The summed E-state index contributed by atoms with van der Waals surface area (Å²) in [6.07, 6.45) is 2.36. The highest BCUT2D eigenvalue weighted by Gasteiger charge is 2.29. The number of carboxylic acids is 1. The molecule has 2 atom stereocenters. The number of carbonyl (C=O) groups excluding carboxylic acids is 2. The fraction of sp³-hybridized carbons (Fsp3) is 0.462. The summed E-state index contributed by atoms with van der Waals surface area (Å²) in [6, 6.07) is -1.28. The Kier molecular flexibility index (Phi) is 6.78. The molecule has 10 heteroatoms. The molecule has 10 nitrogen and oxygen atoms in total. The number of carboxylic acid groups (broad SMARTS) is 1. The fourth-order valence-electron chi connectivity index (χ4n) is 1.88. The zero-order valence-electron chi connectivity index (χ0n) is 12.7. The van der Waals surface area contributed by atoms with Gasteiger partial charge in [0.2, 0.25) is 5.78 Å². The van der Waals surface area contributed by atoms with Crippen LogP contribution in [0.2, 0.25) is 0 Å². The van der Waals surface area contributed by atoms with Crippen molar-refractivity contribution in [1.82, 2.24) is 14.9 Å². The third-order valence-electron chi connectivity index (χ3n) is 3.06. The first-order valence-electron chi connectivity index (χ1n) is 6.64. The maximum Gasteiger partial charge on any atom is 0.326 e. The molecule has 0 saturated heterocycles. The van der Waals surface area contributed by atoms with Crippen molar-refractivity contribution in [2.45, 2.75) is 25.0 Å². The van der Waals surface area contributed by atoms with E-state index in [1.165, 1.54) is 13.3 Å². The minimum atomic E-state index is -1.29. The molecule has 1 aromatic heterocycles. The first kappa shape index (κ1) is 18.2. The van der Waals surface area contributed by atoms with Crippen LogP contribution < -0.4 is 5.32 Å². The van der Waals surface area contributed by atoms with Gasteiger partial charge in [-0.25, -0.2) is 9.78 Å². The zero-order chi connectivity index (χ0) is 17.4. The largest absolute Gasteiger partial charge is 0.480 e. The van der Waals surface area contributed by atoms with Gasteiger partial charge < -0.3 is 25.3 Å². The lowest BCUT2D eigenvalue weighted by atomic mass is 10.1. The van der Waals surface area contributed by atoms with Crippen LogP contribution in [-0.2, 0) is 26.2 Å². The van der Waals surface area contributed by atoms with Crippen LogP contribution in [0.15, 0.2) is 12.4 Å². The van der Waals surface area contributed by atoms with Gasteiger partial charge in [0.25, 0.3) is 5.91 Å². The topological polar surface area (TPSA) is 147 Å². The van der Waals surface area contributed by atoms with Crippen LogP contribution in [0.4, 0.5) is 0 Å². The molecule has 1 amide bonds. The average Bonchev–Trinajstić information content (AvgIpc) is 2.90. The Bertz CT molecular complexity index is 634. The molecule has 0 aliphatic rings. The number of hydrogen-bond acceptors (Lipinski definition) is 5. The van der Waals surface area contributed by atoms with Crippen LogP contribution >= 0.6 is 0 Å². The number of nitrogens with zero attached hydrogens (tertiary/aromatic N) is 4. The van der Waals surface area contributed by atoms with Crippen molar-refractivity contribution in [3.63, 3.8) is 0 Å². The SMILES string of the molecule is COC(C(=O)NC(CCC(=O)C=[N+]=[N-])C(=O)O)c1nccn1C. The smallest absolute Gasteiger partial charge is 0.326 e. The van der Waals surface area contributed by atoms with E-state index in [1.807, 2.05) is 0 Å². The van der Waals surface area contributed by atoms with Gasteiger partial charge in [0, 0.05) is 33.0 Å². The molecule has 1 rings (SSSR count). The molecule has 0 radical (unpaired) electrons. The number of carbonyl (C=O) groups is 3. The van der Waals surface area contributed by atoms with Crippen LogP contribution in [0.3, 0.4) is 0 Å². The number of methoxy groups -OCH3 is 1. The van der Waals surface area contributed by atoms with E-state index in [9.17, 15) is 14.4 Å². The lowest BCUT2D eigenvalue weighted by Gasteiger charge is -2.18. The minimum Gasteiger partial charge on any atom is -0.480 e. The predicted molar refractivity (Wildman–Crippen MR) is 76.4 cm³/mol. The third kappa shape index (κ3) is 5.13. The van der Waals surface area contributed by atoms with Crippen molar-refractivity contribution in [1.29, 1.82) is 0 Å². The molecule has 124 valence electrons. The number of Topliss-reactive ketones (excluding diaryl/α,β-unsaturated/α-hetero) is 1. The van der Waals surface area contributed by atoms with Crippen LogP contribution in [0.25, 0.3) is 5.53 Å². The van der Waals surface area contributed by atoms with E-state index < -0.39 is 29.8 Å². The Morgan fingerprint density at radius 1 is 1.57 bits per heavy atom. The third-order valence-corrected chi connectivity index (χ3v) is 3.06. The van der Waals surface area contributed by atoms with Crippen LogP contribution in [0.1, 0.15) is 24.8 Å². The highest BCUT2D eigenvalue weighted by Crippen LogP contribution is 2.14. The Hall–Kier alpha value is -2.84. The van der Waals surface area contributed by atoms with Gasteiger partial charge in [-0.3, -0.25) is 9.59 Å². The van der Waals surface area contributed by atoms with E-state index in [0.717, 1.165) is 0 Å². The number of ether oxygens (including phenoxy) is 1. The van der Waals surface area contributed by atoms with E-state index in [0.29, 0.717) is 12.0 Å². The Balaban J connectivity index is 2.76. The molecular formula is C13H17N5O5. The molecule has 0 aliphatic heterocycles. The number of amides is 1. The Morgan fingerprint density at radius 2 is 2.26 bits per heavy atom. The van der Waals surface area contributed by atoms with Gasteiger partial charge in [-0.2, -0.15) is 4.79 Å². The number of nitrogens with one attached hydrogen (secondary N) is 1. The van der Waals surface area contributed by atoms with E-state index in [1.54, 1.807) is 17.8 Å². The van der Waals surface area contributed by atoms with Crippen molar-refractivity contribution in [2.75, 3.05) is 7.11 Å². The minimum absolute atomic E-state index is 0.150. The van der Waals surface area contributed by atoms with Crippen molar-refractivity contribution >= 4 is 23.9 Å². The molecule has 1 aromatic rings. The summed E-state index contributed by atoms with van der Waals surface area (Å²) in [7, 11) is 2.97. The van der Waals surface area contributed by atoms with Gasteiger partial charge >= 0.3 is 12.2 Å². The fourth-order valence-corrected chi connectivity index (χ4v) is 1.88. The lowest BCUT2D eigenvalue weighted by Crippen LogP contribution is -2.44. The quantitative estimate of drug-likeness (QED) is 0.350. The second-order valence-electron chi connectivity index (χ2n) is 4.66. The van der Waals surface area contributed by atoms with Crippen molar-refractivity contribution in [2.24, 2.45) is 7.05 Å². The van der Waals surface area contributed by atoms with Gasteiger partial charge in [-0.15, -0.1) is 0 Å². The molecule has 2 N–H and O–H groups in total. The second-order valence-corrected chi connectivity index (χ2v) is 4.66. The summed E-state index contributed by atoms with van der Waals surface area (Å²) in [5.74, 6) is -2.21. The molecule has 1 heterocycles. The first-order chi connectivity index (χ1) is 10.9. The first-order valence-corrected chi connectivity index (χ1v) is 6.64. The molecule has 2 unspecified atom stereocenters. The number of ketones is 1. The summed E-state index contributed by atoms with van der Waals surface area (Å²) in [5, 5.41) is 11.4. The number of aryl methyl sites for hydroxylation is 1. The zero-order valence-corrected chi connectivity index (χ0v) is 12.7. The van der Waals surface area contributed by atoms with Crippen molar-refractivity contribution in [3.05, 3.63) is 23.7 Å². The highest BCUT2D eigenvalue weighted by molar-refractivity contribution is 6.25. The summed E-state index contributed by atoms with van der Waals surface area (Å²) in [6.45, 7) is 0. The molecule has 0 fully saturated rings. The molecule has 0 aromatic carbocycles. The van der Waals surface area contributed by atoms with E-state index >= 15 is 0 Å². The summed E-state index contributed by atoms with van der Waals surface area (Å²) >= 11 is 0. The van der Waals surface area contributed by atoms with Crippen molar-refractivity contribution in [3.8, 4) is 0 Å². The highest BCUT2D eigenvalue weighted by atomic mass is 16.5. The second kappa shape index (κ2) is 8.57. The summed E-state index contributed by atoms with van der Waals surface area (Å²) in [5.41, 5.74) is 8.23. The monoisotopic (exact) mass is 323 g/mol. The number of aliphatic carboxylic acids is 1. The van der Waals surface area contributed by atoms with Gasteiger partial charge in [0.1, 0.15) is 11.9 Å². The number of rotatable bonds is 9. The number of hydrogen-bond donors (Lipinski definition) is 2. The molecule has 0 saturated carbocycles. The van der Waals surface area contributed by atoms with Gasteiger partial charge in [-0.1, -0.05) is 0 Å². The maximum absolute atomic E-state index is 12.2. The Labute approximate surface area is 131 Å². The summed E-state index contributed by atoms with van der Waals surface area (Å²) < 4.78 is 6.65. The normalized spacial score (nSPS) is 12.8. The predicted octanol–water partition coefficient (Wildman–Crippen LogP) is -0.673. The molecule has 0 aliphatic carbocycles. The van der Waals surface area contributed by atoms with Gasteiger partial charge in [0.15, 0.2) is 6.10 Å². The number of aromatic nitrogens is 2. The lowest BCUT2D eigenvalue weighted by molar-refractivity contribution is -0.144. The molecule has 0 spiro atoms. The van der Waals surface area contributed by atoms with Crippen molar-refractivity contribution < 1.29 is 29.0 Å². The van der Waals surface area contributed by atoms with E-state index in [-0.39, 0.29) is 12.8 Å². The van der Waals surface area contributed by atoms with E-state index in [2.05, 4.69) is 15.1 Å². The van der Waals surface area contributed by atoms with E-state index in [4.69, 9.17) is 15.4 Å². The standard InChI is InChI=1S/C13H17N5O5/c1-18-6-5-15-11(18)10(23-2)12(20)17-9(13(21)22)4-3-8(19)7-16-14/h5-7,9-10H,3-4H2,1-2H3,(H,17,20)(H,21,22). The summed E-state index contributed by atoms with van der Waals surface area (Å²) in [4.78, 5) is 41.2. The maximum atomic E-state index is 12.2. The van der Waals surface area contributed by atoms with Crippen LogP contribution in [-0.4, -0.2) is 56.5 Å². The average molecular weight is 323 g/mol. The molecule has 0 bridgehead atoms. The van der Waals surface area contributed by atoms with Gasteiger partial charge in [0.05, 0.1) is 0 Å². The van der Waals surface area contributed by atoms with Crippen LogP contribution in [0.5, 0.6) is 0 Å². The Morgan fingerprint density at radius 3 is 2.74 bits per heavy atom. The van der Waals surface area contributed by atoms with Crippen LogP contribution in [0, 0.1) is 0 Å². The molecule has 23 heavy (non-hydrogen) atoms. The number of imidazole rings is 1.